The van der Waals surface area contributed by atoms with Crippen LogP contribution in [0.25, 0.3) is 0 Å². The first-order chi connectivity index (χ1) is 14.3. The Hall–Kier alpha value is -2.90. The van der Waals surface area contributed by atoms with Crippen molar-refractivity contribution >= 4 is 38.9 Å². The molecule has 1 N–H and O–H groups in total. The Morgan fingerprint density at radius 1 is 1.03 bits per heavy atom. The Bertz CT molecular complexity index is 1210. The molecule has 1 amide bonds. The summed E-state index contributed by atoms with van der Waals surface area (Å²) >= 11 is 6.01. The van der Waals surface area contributed by atoms with Crippen molar-refractivity contribution in [1.82, 2.24) is 0 Å². The first-order valence-corrected chi connectivity index (χ1v) is 11.2. The lowest BCUT2D eigenvalue weighted by Crippen LogP contribution is -2.35. The van der Waals surface area contributed by atoms with E-state index in [1.54, 1.807) is 41.3 Å². The third kappa shape index (κ3) is 4.17. The van der Waals surface area contributed by atoms with E-state index in [9.17, 15) is 17.6 Å². The number of aryl methyl sites for hydroxylation is 1. The highest BCUT2D eigenvalue weighted by molar-refractivity contribution is 7.92. The van der Waals surface area contributed by atoms with Gasteiger partial charge < -0.3 is 4.90 Å². The van der Waals surface area contributed by atoms with Gasteiger partial charge >= 0.3 is 0 Å². The molecule has 0 aromatic heterocycles. The van der Waals surface area contributed by atoms with E-state index in [1.807, 2.05) is 0 Å². The van der Waals surface area contributed by atoms with Gasteiger partial charge in [0.25, 0.3) is 15.9 Å². The highest BCUT2D eigenvalue weighted by Gasteiger charge is 2.26. The SMILES string of the molecule is O=C(c1cccc(Cl)c1)N1CCCc2cc(S(=O)(=O)Nc3ccc(F)cc3)ccc21. The van der Waals surface area contributed by atoms with Gasteiger partial charge in [-0.25, -0.2) is 12.8 Å². The Morgan fingerprint density at radius 3 is 2.53 bits per heavy atom. The molecule has 3 aromatic carbocycles. The van der Waals surface area contributed by atoms with Gasteiger partial charge in [-0.05, 0) is 79.1 Å². The molecule has 0 unspecified atom stereocenters. The largest absolute Gasteiger partial charge is 0.308 e. The van der Waals surface area contributed by atoms with Crippen LogP contribution in [-0.4, -0.2) is 20.9 Å². The maximum absolute atomic E-state index is 13.1. The normalized spacial score (nSPS) is 13.6. The van der Waals surface area contributed by atoms with Gasteiger partial charge in [-0.2, -0.15) is 0 Å². The smallest absolute Gasteiger partial charge is 0.261 e. The van der Waals surface area contributed by atoms with Crippen LogP contribution in [0.2, 0.25) is 5.02 Å². The first-order valence-electron chi connectivity index (χ1n) is 9.32. The van der Waals surface area contributed by atoms with Crippen LogP contribution < -0.4 is 9.62 Å². The second kappa shape index (κ2) is 8.08. The van der Waals surface area contributed by atoms with E-state index in [-0.39, 0.29) is 16.5 Å². The van der Waals surface area contributed by atoms with E-state index in [1.165, 1.54) is 30.3 Å². The molecule has 154 valence electrons. The number of sulfonamides is 1. The minimum absolute atomic E-state index is 0.0858. The van der Waals surface area contributed by atoms with Gasteiger partial charge in [-0.15, -0.1) is 0 Å². The van der Waals surface area contributed by atoms with Crippen molar-refractivity contribution in [1.29, 1.82) is 0 Å². The quantitative estimate of drug-likeness (QED) is 0.624. The summed E-state index contributed by atoms with van der Waals surface area (Å²) in [4.78, 5) is 14.7. The molecule has 0 atom stereocenters. The van der Waals surface area contributed by atoms with Crippen LogP contribution in [0.4, 0.5) is 15.8 Å². The maximum atomic E-state index is 13.1. The van der Waals surface area contributed by atoms with Gasteiger partial charge in [0.15, 0.2) is 0 Å². The minimum atomic E-state index is -3.85. The minimum Gasteiger partial charge on any atom is -0.308 e. The predicted molar refractivity (Wildman–Crippen MR) is 115 cm³/mol. The zero-order valence-electron chi connectivity index (χ0n) is 15.8. The number of fused-ring (bicyclic) bond motifs is 1. The Morgan fingerprint density at radius 2 is 1.80 bits per heavy atom. The lowest BCUT2D eigenvalue weighted by molar-refractivity contribution is 0.0985. The van der Waals surface area contributed by atoms with Crippen LogP contribution in [0.1, 0.15) is 22.3 Å². The third-order valence-electron chi connectivity index (χ3n) is 4.89. The monoisotopic (exact) mass is 444 g/mol. The number of nitrogens with one attached hydrogen (secondary N) is 1. The average molecular weight is 445 g/mol. The Labute approximate surface area is 179 Å². The van der Waals surface area contributed by atoms with Crippen molar-refractivity contribution in [2.75, 3.05) is 16.2 Å². The molecule has 1 aliphatic rings. The van der Waals surface area contributed by atoms with Crippen LogP contribution in [0, 0.1) is 5.82 Å². The summed E-state index contributed by atoms with van der Waals surface area (Å²) in [6, 6.07) is 16.5. The molecule has 0 bridgehead atoms. The predicted octanol–water partition coefficient (Wildman–Crippen LogP) is 4.87. The van der Waals surface area contributed by atoms with E-state index >= 15 is 0 Å². The molecule has 0 spiro atoms. The molecule has 3 aromatic rings. The zero-order valence-corrected chi connectivity index (χ0v) is 17.4. The molecule has 0 aliphatic carbocycles. The van der Waals surface area contributed by atoms with Crippen molar-refractivity contribution in [2.24, 2.45) is 0 Å². The fourth-order valence-electron chi connectivity index (χ4n) is 3.46. The van der Waals surface area contributed by atoms with E-state index in [0.29, 0.717) is 35.7 Å². The number of amides is 1. The van der Waals surface area contributed by atoms with Gasteiger partial charge in [0, 0.05) is 28.5 Å². The topological polar surface area (TPSA) is 66.5 Å². The molecular weight excluding hydrogens is 427 g/mol. The van der Waals surface area contributed by atoms with Crippen LogP contribution >= 0.6 is 11.6 Å². The van der Waals surface area contributed by atoms with Crippen molar-refractivity contribution in [2.45, 2.75) is 17.7 Å². The number of nitrogens with zero attached hydrogens (tertiary/aromatic N) is 1. The first kappa shape index (κ1) is 20.4. The molecule has 0 saturated heterocycles. The second-order valence-corrected chi connectivity index (χ2v) is 9.09. The fraction of sp³-hybridized carbons (Fsp3) is 0.136. The van der Waals surface area contributed by atoms with Gasteiger partial charge in [0.2, 0.25) is 0 Å². The number of carbonyl (C=O) groups excluding carboxylic acids is 1. The van der Waals surface area contributed by atoms with Crippen LogP contribution in [0.3, 0.4) is 0 Å². The third-order valence-corrected chi connectivity index (χ3v) is 6.51. The highest BCUT2D eigenvalue weighted by atomic mass is 35.5. The number of carbonyl (C=O) groups is 1. The van der Waals surface area contributed by atoms with E-state index in [4.69, 9.17) is 11.6 Å². The number of hydrogen-bond donors (Lipinski definition) is 1. The maximum Gasteiger partial charge on any atom is 0.261 e. The number of halogens is 2. The van der Waals surface area contributed by atoms with Crippen LogP contribution in [-0.2, 0) is 16.4 Å². The summed E-state index contributed by atoms with van der Waals surface area (Å²) in [5.41, 5.74) is 2.21. The number of anilines is 2. The van der Waals surface area contributed by atoms with E-state index < -0.39 is 15.8 Å². The molecular formula is C22H18ClFN2O3S. The number of rotatable bonds is 4. The molecule has 1 aliphatic heterocycles. The van der Waals surface area contributed by atoms with Crippen molar-refractivity contribution in [3.8, 4) is 0 Å². The Balaban J connectivity index is 1.63. The van der Waals surface area contributed by atoms with E-state index in [0.717, 1.165) is 5.56 Å². The van der Waals surface area contributed by atoms with Crippen molar-refractivity contribution < 1.29 is 17.6 Å². The van der Waals surface area contributed by atoms with Crippen LogP contribution in [0.15, 0.2) is 71.6 Å². The van der Waals surface area contributed by atoms with Crippen molar-refractivity contribution in [3.05, 3.63) is 88.7 Å². The van der Waals surface area contributed by atoms with Gasteiger partial charge in [0.05, 0.1) is 4.90 Å². The number of benzene rings is 3. The van der Waals surface area contributed by atoms with Gasteiger partial charge in [-0.1, -0.05) is 17.7 Å². The summed E-state index contributed by atoms with van der Waals surface area (Å²) in [5, 5.41) is 0.478. The summed E-state index contributed by atoms with van der Waals surface area (Å²) in [6.07, 6.45) is 1.38. The summed E-state index contributed by atoms with van der Waals surface area (Å²) in [6.45, 7) is 0.540. The zero-order chi connectivity index (χ0) is 21.3. The summed E-state index contributed by atoms with van der Waals surface area (Å²) in [5.74, 6) is -0.630. The summed E-state index contributed by atoms with van der Waals surface area (Å²) in [7, 11) is -3.85. The number of hydrogen-bond acceptors (Lipinski definition) is 3. The summed E-state index contributed by atoms with van der Waals surface area (Å²) < 4.78 is 41.0. The van der Waals surface area contributed by atoms with Crippen LogP contribution in [0.5, 0.6) is 0 Å². The molecule has 1 heterocycles. The standard InChI is InChI=1S/C22H18ClFN2O3S/c23-17-5-1-3-16(13-17)22(27)26-12-2-4-15-14-20(10-11-21(15)26)30(28,29)25-19-8-6-18(24)7-9-19/h1,3,5-11,13-14,25H,2,4,12H2. The molecule has 4 rings (SSSR count). The lowest BCUT2D eigenvalue weighted by Gasteiger charge is -2.30. The fourth-order valence-corrected chi connectivity index (χ4v) is 4.76. The van der Waals surface area contributed by atoms with E-state index in [2.05, 4.69) is 4.72 Å². The van der Waals surface area contributed by atoms with Gasteiger partial charge in [-0.3, -0.25) is 9.52 Å². The van der Waals surface area contributed by atoms with Gasteiger partial charge in [0.1, 0.15) is 5.82 Å². The molecule has 8 heteroatoms. The molecule has 5 nitrogen and oxygen atoms in total. The molecule has 30 heavy (non-hydrogen) atoms. The molecule has 0 fully saturated rings. The Kier molecular flexibility index (Phi) is 5.49. The average Bonchev–Trinajstić information content (AvgIpc) is 2.74. The molecule has 0 radical (unpaired) electrons. The highest BCUT2D eigenvalue weighted by Crippen LogP contribution is 2.31. The lowest BCUT2D eigenvalue weighted by atomic mass is 10.0. The molecule has 0 saturated carbocycles. The van der Waals surface area contributed by atoms with Crippen molar-refractivity contribution in [3.63, 3.8) is 0 Å². The second-order valence-electron chi connectivity index (χ2n) is 6.97.